The van der Waals surface area contributed by atoms with E-state index in [9.17, 15) is 0 Å². The summed E-state index contributed by atoms with van der Waals surface area (Å²) < 4.78 is 4.23. The lowest BCUT2D eigenvalue weighted by Gasteiger charge is -2.41. The molecule has 6 rings (SSSR count). The third-order valence-corrected chi connectivity index (χ3v) is 6.63. The van der Waals surface area contributed by atoms with E-state index < -0.39 is 0 Å². The molecule has 0 N–H and O–H groups in total. The van der Waals surface area contributed by atoms with Crippen molar-refractivity contribution in [2.45, 2.75) is 58.0 Å². The van der Waals surface area contributed by atoms with Crippen molar-refractivity contribution in [1.82, 2.24) is 29.3 Å². The fourth-order valence-electron chi connectivity index (χ4n) is 5.23. The lowest BCUT2D eigenvalue weighted by Crippen LogP contribution is -2.42. The quantitative estimate of drug-likeness (QED) is 0.507. The molecule has 0 spiro atoms. The zero-order valence-electron chi connectivity index (χ0n) is 17.4. The van der Waals surface area contributed by atoms with Crippen LogP contribution in [0.2, 0.25) is 0 Å². The highest BCUT2D eigenvalue weighted by atomic mass is 15.4. The standard InChI is InChI=1S/C23H25N7/c1-3-18-22-27-26-15(2)29(22)20-14-24-23(25-21(20)30(18)17-9-5-6-10-17)28-13-12-16-8-4-7-11-19(16)28/h4,7-8,11-14,17-18H,3,5-6,9-10H2,1-2H3/t18-/m1/s1. The summed E-state index contributed by atoms with van der Waals surface area (Å²) in [6.45, 7) is 4.24. The second kappa shape index (κ2) is 6.65. The summed E-state index contributed by atoms with van der Waals surface area (Å²) in [5, 5.41) is 10.1. The predicted molar refractivity (Wildman–Crippen MR) is 116 cm³/mol. The molecule has 0 amide bonds. The van der Waals surface area contributed by atoms with E-state index in [1.807, 2.05) is 13.1 Å². The number of hydrogen-bond donors (Lipinski definition) is 0. The maximum absolute atomic E-state index is 5.15. The van der Waals surface area contributed by atoms with Crippen LogP contribution in [0.15, 0.2) is 42.7 Å². The Morgan fingerprint density at radius 1 is 1.07 bits per heavy atom. The topological polar surface area (TPSA) is 64.7 Å². The number of hydrogen-bond acceptors (Lipinski definition) is 5. The van der Waals surface area contributed by atoms with Gasteiger partial charge in [0.2, 0.25) is 5.95 Å². The smallest absolute Gasteiger partial charge is 0.236 e. The molecule has 7 heteroatoms. The fourth-order valence-corrected chi connectivity index (χ4v) is 5.23. The van der Waals surface area contributed by atoms with Crippen LogP contribution in [0.25, 0.3) is 22.5 Å². The molecule has 0 bridgehead atoms. The Morgan fingerprint density at radius 2 is 1.90 bits per heavy atom. The van der Waals surface area contributed by atoms with Crippen molar-refractivity contribution in [2.75, 3.05) is 4.90 Å². The first kappa shape index (κ1) is 17.6. The van der Waals surface area contributed by atoms with Gasteiger partial charge in [-0.2, -0.15) is 4.98 Å². The van der Waals surface area contributed by atoms with Crippen molar-refractivity contribution >= 4 is 16.7 Å². The van der Waals surface area contributed by atoms with Gasteiger partial charge < -0.3 is 4.90 Å². The highest BCUT2D eigenvalue weighted by molar-refractivity contribution is 5.81. The first-order valence-corrected chi connectivity index (χ1v) is 10.9. The van der Waals surface area contributed by atoms with E-state index >= 15 is 0 Å². The second-order valence-electron chi connectivity index (χ2n) is 8.33. The van der Waals surface area contributed by atoms with E-state index in [1.165, 1.54) is 31.1 Å². The summed E-state index contributed by atoms with van der Waals surface area (Å²) in [6.07, 6.45) is 9.93. The molecule has 1 saturated carbocycles. The normalized spacial score (nSPS) is 18.7. The highest BCUT2D eigenvalue weighted by Crippen LogP contribution is 2.43. The third kappa shape index (κ3) is 2.44. The van der Waals surface area contributed by atoms with Crippen molar-refractivity contribution in [1.29, 1.82) is 0 Å². The molecule has 1 aliphatic heterocycles. The lowest BCUT2D eigenvalue weighted by molar-refractivity contribution is 0.467. The van der Waals surface area contributed by atoms with Crippen molar-refractivity contribution in [2.24, 2.45) is 0 Å². The predicted octanol–water partition coefficient (Wildman–Crippen LogP) is 4.52. The molecular weight excluding hydrogens is 374 g/mol. The van der Waals surface area contributed by atoms with Gasteiger partial charge in [0.05, 0.1) is 17.8 Å². The number of benzene rings is 1. The van der Waals surface area contributed by atoms with Crippen LogP contribution in [0.3, 0.4) is 0 Å². The molecule has 2 aliphatic rings. The van der Waals surface area contributed by atoms with Crippen molar-refractivity contribution < 1.29 is 0 Å². The van der Waals surface area contributed by atoms with Crippen LogP contribution in [0, 0.1) is 6.92 Å². The van der Waals surface area contributed by atoms with E-state index in [2.05, 4.69) is 67.7 Å². The number of rotatable bonds is 3. The molecule has 4 aromatic rings. The maximum Gasteiger partial charge on any atom is 0.236 e. The Balaban J connectivity index is 1.57. The Morgan fingerprint density at radius 3 is 2.73 bits per heavy atom. The molecule has 30 heavy (non-hydrogen) atoms. The monoisotopic (exact) mass is 399 g/mol. The molecule has 1 aliphatic carbocycles. The molecule has 1 fully saturated rings. The zero-order chi connectivity index (χ0) is 20.2. The molecule has 0 saturated heterocycles. The van der Waals surface area contributed by atoms with Crippen LogP contribution in [0.4, 0.5) is 5.82 Å². The van der Waals surface area contributed by atoms with Gasteiger partial charge in [0.15, 0.2) is 11.6 Å². The van der Waals surface area contributed by atoms with Gasteiger partial charge in [-0.3, -0.25) is 9.13 Å². The summed E-state index contributed by atoms with van der Waals surface area (Å²) in [4.78, 5) is 12.4. The van der Waals surface area contributed by atoms with E-state index in [4.69, 9.17) is 9.97 Å². The zero-order valence-corrected chi connectivity index (χ0v) is 17.4. The van der Waals surface area contributed by atoms with Crippen LogP contribution in [-0.2, 0) is 0 Å². The molecule has 4 heterocycles. The second-order valence-corrected chi connectivity index (χ2v) is 8.33. The van der Waals surface area contributed by atoms with Crippen molar-refractivity contribution in [3.63, 3.8) is 0 Å². The summed E-state index contributed by atoms with van der Waals surface area (Å²) in [7, 11) is 0. The number of nitrogens with zero attached hydrogens (tertiary/aromatic N) is 7. The third-order valence-electron chi connectivity index (χ3n) is 6.63. The number of aromatic nitrogens is 6. The molecule has 0 unspecified atom stereocenters. The van der Waals surface area contributed by atoms with Gasteiger partial charge in [-0.05, 0) is 38.3 Å². The van der Waals surface area contributed by atoms with Gasteiger partial charge in [0.25, 0.3) is 0 Å². The minimum atomic E-state index is 0.186. The lowest BCUT2D eigenvalue weighted by atomic mass is 10.0. The van der Waals surface area contributed by atoms with Gasteiger partial charge in [-0.15, -0.1) is 10.2 Å². The van der Waals surface area contributed by atoms with Crippen LogP contribution >= 0.6 is 0 Å². The summed E-state index contributed by atoms with van der Waals surface area (Å²) in [5.41, 5.74) is 2.11. The van der Waals surface area contributed by atoms with Crippen LogP contribution in [-0.4, -0.2) is 35.3 Å². The summed E-state index contributed by atoms with van der Waals surface area (Å²) in [6, 6.07) is 11.1. The fraction of sp³-hybridized carbons (Fsp3) is 0.391. The Labute approximate surface area is 175 Å². The first-order chi connectivity index (χ1) is 14.8. The average Bonchev–Trinajstić information content (AvgIpc) is 3.52. The van der Waals surface area contributed by atoms with Crippen molar-refractivity contribution in [3.05, 3.63) is 54.4 Å². The molecule has 1 atom stereocenters. The molecule has 7 nitrogen and oxygen atoms in total. The summed E-state index contributed by atoms with van der Waals surface area (Å²) in [5.74, 6) is 3.62. The van der Waals surface area contributed by atoms with E-state index in [0.717, 1.165) is 35.1 Å². The van der Waals surface area contributed by atoms with Gasteiger partial charge in [-0.25, -0.2) is 4.98 Å². The average molecular weight is 400 g/mol. The maximum atomic E-state index is 5.15. The SMILES string of the molecule is CC[C@@H]1c2nnc(C)n2-c2cnc(-n3ccc4ccccc43)nc2N1C1CCCC1. The van der Waals surface area contributed by atoms with Gasteiger partial charge >= 0.3 is 0 Å². The molecule has 0 radical (unpaired) electrons. The molecule has 1 aromatic carbocycles. The number of aryl methyl sites for hydroxylation is 1. The molecule has 3 aromatic heterocycles. The number of anilines is 1. The highest BCUT2D eigenvalue weighted by Gasteiger charge is 2.39. The van der Waals surface area contributed by atoms with Crippen molar-refractivity contribution in [3.8, 4) is 11.6 Å². The summed E-state index contributed by atoms with van der Waals surface area (Å²) >= 11 is 0. The minimum absolute atomic E-state index is 0.186. The Hall–Kier alpha value is -3.22. The number of para-hydroxylation sites is 1. The first-order valence-electron chi connectivity index (χ1n) is 10.9. The van der Waals surface area contributed by atoms with Crippen LogP contribution in [0.5, 0.6) is 0 Å². The molecular formula is C23H25N7. The Bertz CT molecular complexity index is 1230. The Kier molecular flexibility index (Phi) is 3.91. The van der Waals surface area contributed by atoms with Gasteiger partial charge in [-0.1, -0.05) is 38.0 Å². The van der Waals surface area contributed by atoms with Gasteiger partial charge in [0, 0.05) is 17.6 Å². The van der Waals surface area contributed by atoms with E-state index in [-0.39, 0.29) is 6.04 Å². The number of fused-ring (bicyclic) bond motifs is 4. The van der Waals surface area contributed by atoms with E-state index in [1.54, 1.807) is 0 Å². The van der Waals surface area contributed by atoms with Gasteiger partial charge in [0.1, 0.15) is 11.5 Å². The molecule has 152 valence electrons. The minimum Gasteiger partial charge on any atom is -0.341 e. The van der Waals surface area contributed by atoms with Crippen LogP contribution in [0.1, 0.15) is 56.7 Å². The van der Waals surface area contributed by atoms with E-state index in [0.29, 0.717) is 12.0 Å². The largest absolute Gasteiger partial charge is 0.341 e. The van der Waals surface area contributed by atoms with Crippen LogP contribution < -0.4 is 4.90 Å².